The van der Waals surface area contributed by atoms with Gasteiger partial charge in [0, 0.05) is 12.0 Å². The lowest BCUT2D eigenvalue weighted by Gasteiger charge is -2.23. The van der Waals surface area contributed by atoms with Crippen LogP contribution in [0.4, 0.5) is 5.69 Å². The van der Waals surface area contributed by atoms with Gasteiger partial charge in [0.2, 0.25) is 0 Å². The molecule has 24 heavy (non-hydrogen) atoms. The second-order valence-corrected chi connectivity index (χ2v) is 6.98. The van der Waals surface area contributed by atoms with E-state index in [9.17, 15) is 5.11 Å². The molecule has 2 aliphatic rings. The smallest absolute Gasteiger partial charge is 0.271 e. The van der Waals surface area contributed by atoms with Crippen molar-refractivity contribution < 1.29 is 9.68 Å². The van der Waals surface area contributed by atoms with Gasteiger partial charge in [-0.15, -0.1) is 0 Å². The summed E-state index contributed by atoms with van der Waals surface area (Å²) in [4.78, 5) is 2.31. The van der Waals surface area contributed by atoms with Crippen molar-refractivity contribution in [1.29, 1.82) is 0 Å². The van der Waals surface area contributed by atoms with Crippen LogP contribution in [0.3, 0.4) is 0 Å². The molecule has 1 unspecified atom stereocenters. The van der Waals surface area contributed by atoms with Crippen molar-refractivity contribution in [1.82, 2.24) is 0 Å². The maximum Gasteiger partial charge on any atom is 0.271 e. The minimum absolute atomic E-state index is 0.593. The number of hydrogen-bond acceptors (Lipinski definition) is 2. The molecule has 3 nitrogen and oxygen atoms in total. The first kappa shape index (κ1) is 15.4. The lowest BCUT2D eigenvalue weighted by atomic mass is 10.0. The Balaban J connectivity index is 1.81. The number of anilines is 1. The maximum atomic E-state index is 11.7. The standard InChI is InChI=1S/C21H25N2O/c1-17-11-13-18(14-12-17)21(24)16-22(19-8-4-2-5-9-19)20-10-6-3-7-15-23(20)21/h2,4-5,8-9,11-14,24H,3,6-7,10,15-16H2,1H3/q+1. The van der Waals surface area contributed by atoms with Crippen LogP contribution in [0.15, 0.2) is 54.6 Å². The number of para-hydroxylation sites is 1. The molecular weight excluding hydrogens is 296 g/mol. The summed E-state index contributed by atoms with van der Waals surface area (Å²) in [5.74, 6) is 1.27. The summed E-state index contributed by atoms with van der Waals surface area (Å²) in [6.45, 7) is 3.60. The number of aliphatic hydroxyl groups is 1. The number of hydrogen-bond donors (Lipinski definition) is 1. The summed E-state index contributed by atoms with van der Waals surface area (Å²) < 4.78 is 2.25. The zero-order valence-corrected chi connectivity index (χ0v) is 14.3. The summed E-state index contributed by atoms with van der Waals surface area (Å²) in [6.07, 6.45) is 4.59. The Hall–Kier alpha value is -2.13. The minimum atomic E-state index is -0.941. The number of aryl methyl sites for hydroxylation is 1. The molecule has 0 bridgehead atoms. The van der Waals surface area contributed by atoms with Gasteiger partial charge < -0.3 is 5.11 Å². The van der Waals surface area contributed by atoms with E-state index in [1.54, 1.807) is 0 Å². The number of amidine groups is 1. The van der Waals surface area contributed by atoms with Gasteiger partial charge in [0.05, 0.1) is 6.54 Å². The first-order chi connectivity index (χ1) is 11.7. The highest BCUT2D eigenvalue weighted by Crippen LogP contribution is 2.35. The predicted octanol–water partition coefficient (Wildman–Crippen LogP) is 3.65. The Morgan fingerprint density at radius 1 is 0.958 bits per heavy atom. The molecule has 0 spiro atoms. The van der Waals surface area contributed by atoms with E-state index in [4.69, 9.17) is 0 Å². The third kappa shape index (κ3) is 2.53. The fourth-order valence-electron chi connectivity index (χ4n) is 3.99. The van der Waals surface area contributed by atoms with Crippen LogP contribution in [0.1, 0.15) is 36.8 Å². The van der Waals surface area contributed by atoms with Gasteiger partial charge in [-0.05, 0) is 38.3 Å². The molecule has 1 atom stereocenters. The molecule has 2 aromatic rings. The van der Waals surface area contributed by atoms with Crippen molar-refractivity contribution in [2.75, 3.05) is 18.0 Å². The summed E-state index contributed by atoms with van der Waals surface area (Å²) in [5.41, 5.74) is 2.44. The van der Waals surface area contributed by atoms with Gasteiger partial charge in [-0.1, -0.05) is 48.0 Å². The van der Waals surface area contributed by atoms with Crippen LogP contribution in [0, 0.1) is 6.92 Å². The van der Waals surface area contributed by atoms with Crippen molar-refractivity contribution in [3.8, 4) is 0 Å². The molecule has 0 radical (unpaired) electrons. The molecule has 0 fully saturated rings. The van der Waals surface area contributed by atoms with Crippen LogP contribution in [-0.2, 0) is 5.72 Å². The molecule has 0 aromatic heterocycles. The van der Waals surface area contributed by atoms with Gasteiger partial charge in [-0.25, -0.2) is 9.48 Å². The molecule has 3 heteroatoms. The van der Waals surface area contributed by atoms with Crippen molar-refractivity contribution >= 4 is 11.5 Å². The predicted molar refractivity (Wildman–Crippen MR) is 97.5 cm³/mol. The van der Waals surface area contributed by atoms with Gasteiger partial charge in [0.25, 0.3) is 11.6 Å². The van der Waals surface area contributed by atoms with Crippen molar-refractivity contribution in [2.45, 2.75) is 38.3 Å². The molecule has 2 aromatic carbocycles. The lowest BCUT2D eigenvalue weighted by Crippen LogP contribution is -2.41. The van der Waals surface area contributed by atoms with E-state index in [0.717, 1.165) is 24.9 Å². The average Bonchev–Trinajstić information content (AvgIpc) is 2.77. The zero-order chi connectivity index (χ0) is 16.6. The summed E-state index contributed by atoms with van der Waals surface area (Å²) >= 11 is 0. The van der Waals surface area contributed by atoms with E-state index in [1.807, 2.05) is 6.07 Å². The van der Waals surface area contributed by atoms with Gasteiger partial charge >= 0.3 is 0 Å². The molecule has 0 amide bonds. The normalized spacial score (nSPS) is 24.0. The quantitative estimate of drug-likeness (QED) is 0.855. The molecule has 2 aliphatic heterocycles. The largest absolute Gasteiger partial charge is 0.346 e. The Labute approximate surface area is 143 Å². The molecule has 0 aliphatic carbocycles. The molecule has 1 N–H and O–H groups in total. The van der Waals surface area contributed by atoms with Crippen molar-refractivity contribution in [3.05, 3.63) is 65.7 Å². The molecular formula is C21H25N2O+. The van der Waals surface area contributed by atoms with Crippen LogP contribution in [0.2, 0.25) is 0 Å². The zero-order valence-electron chi connectivity index (χ0n) is 14.3. The van der Waals surface area contributed by atoms with E-state index in [2.05, 4.69) is 64.9 Å². The van der Waals surface area contributed by atoms with Crippen molar-refractivity contribution in [3.63, 3.8) is 0 Å². The number of benzene rings is 2. The topological polar surface area (TPSA) is 26.5 Å². The number of rotatable bonds is 2. The Morgan fingerprint density at radius 2 is 1.71 bits per heavy atom. The molecule has 4 rings (SSSR count). The monoisotopic (exact) mass is 321 g/mol. The minimum Gasteiger partial charge on any atom is -0.346 e. The third-order valence-electron chi connectivity index (χ3n) is 5.31. The molecule has 2 heterocycles. The number of nitrogens with zero attached hydrogens (tertiary/aromatic N) is 2. The maximum absolute atomic E-state index is 11.7. The lowest BCUT2D eigenvalue weighted by molar-refractivity contribution is -0.658. The second-order valence-electron chi connectivity index (χ2n) is 6.98. The van der Waals surface area contributed by atoms with E-state index < -0.39 is 5.72 Å². The Morgan fingerprint density at radius 3 is 2.46 bits per heavy atom. The molecule has 0 saturated carbocycles. The van der Waals surface area contributed by atoms with Crippen LogP contribution in [0.5, 0.6) is 0 Å². The SMILES string of the molecule is Cc1ccc(C2(O)CN(c3ccccc3)C3=[N+]2CCCCC3)cc1. The van der Waals surface area contributed by atoms with Gasteiger partial charge in [-0.2, -0.15) is 0 Å². The van der Waals surface area contributed by atoms with Crippen LogP contribution in [0.25, 0.3) is 0 Å². The van der Waals surface area contributed by atoms with E-state index >= 15 is 0 Å². The van der Waals surface area contributed by atoms with Crippen LogP contribution >= 0.6 is 0 Å². The molecule has 124 valence electrons. The van der Waals surface area contributed by atoms with Gasteiger partial charge in [-0.3, -0.25) is 0 Å². The molecule has 0 saturated heterocycles. The highest BCUT2D eigenvalue weighted by molar-refractivity contribution is 5.95. The fourth-order valence-corrected chi connectivity index (χ4v) is 3.99. The van der Waals surface area contributed by atoms with Gasteiger partial charge in [0.15, 0.2) is 6.54 Å². The second kappa shape index (κ2) is 6.06. The van der Waals surface area contributed by atoms with Crippen LogP contribution < -0.4 is 4.90 Å². The van der Waals surface area contributed by atoms with Crippen molar-refractivity contribution in [2.24, 2.45) is 0 Å². The highest BCUT2D eigenvalue weighted by Gasteiger charge is 2.51. The van der Waals surface area contributed by atoms with Crippen LogP contribution in [-0.4, -0.2) is 28.6 Å². The first-order valence-corrected chi connectivity index (χ1v) is 8.94. The fraction of sp³-hybridized carbons (Fsp3) is 0.381. The van der Waals surface area contributed by atoms with Gasteiger partial charge in [0.1, 0.15) is 5.69 Å². The number of β-amino-alcohol motifs (C(OH)–C–C–N with tert-alkyl or cyclic N) is 1. The summed E-state index contributed by atoms with van der Waals surface area (Å²) in [5, 5.41) is 11.7. The third-order valence-corrected chi connectivity index (χ3v) is 5.31. The summed E-state index contributed by atoms with van der Waals surface area (Å²) in [6, 6.07) is 18.8. The summed E-state index contributed by atoms with van der Waals surface area (Å²) in [7, 11) is 0. The van der Waals surface area contributed by atoms with E-state index in [0.29, 0.717) is 6.54 Å². The first-order valence-electron chi connectivity index (χ1n) is 8.94. The van der Waals surface area contributed by atoms with E-state index in [-0.39, 0.29) is 0 Å². The highest BCUT2D eigenvalue weighted by atomic mass is 16.3. The van der Waals surface area contributed by atoms with E-state index in [1.165, 1.54) is 29.9 Å². The average molecular weight is 321 g/mol. The Bertz CT molecular complexity index is 751. The Kier molecular flexibility index (Phi) is 3.89.